The highest BCUT2D eigenvalue weighted by Gasteiger charge is 2.27. The van der Waals surface area contributed by atoms with Crippen LogP contribution < -0.4 is 11.1 Å². The van der Waals surface area contributed by atoms with E-state index in [1.807, 2.05) is 35.6 Å². The van der Waals surface area contributed by atoms with Crippen LogP contribution in [0.4, 0.5) is 4.79 Å². The number of ether oxygens (including phenoxy) is 1. The summed E-state index contributed by atoms with van der Waals surface area (Å²) in [6, 6.07) is 21.4. The molecular weight excluding hydrogens is 398 g/mol. The van der Waals surface area contributed by atoms with Gasteiger partial charge in [-0.3, -0.25) is 10.1 Å². The number of imide groups is 1. The number of benzene rings is 3. The molecule has 0 aliphatic carbocycles. The fourth-order valence-corrected chi connectivity index (χ4v) is 3.13. The standard InChI is InChI=1S/C23H17N3O5/c24-23(29)25-21(27)20(15-9-5-2-6-10-15)30-22(28)16-11-12-18-17(13-16)19(31-26-18)14-7-3-1-4-8-14/h1-13,20H,(H3,24,25,27,29)/t20-/m1/s1. The van der Waals surface area contributed by atoms with Crippen LogP contribution in [0.5, 0.6) is 0 Å². The zero-order valence-corrected chi connectivity index (χ0v) is 16.1. The molecule has 3 amide bonds. The van der Waals surface area contributed by atoms with E-state index in [0.29, 0.717) is 22.2 Å². The SMILES string of the molecule is NC(=O)NC(=O)[C@H](OC(=O)c1ccc2noc(-c3ccccc3)c2c1)c1ccccc1. The number of urea groups is 1. The molecule has 4 rings (SSSR count). The van der Waals surface area contributed by atoms with Crippen LogP contribution >= 0.6 is 0 Å². The minimum atomic E-state index is -1.35. The van der Waals surface area contributed by atoms with Gasteiger partial charge in [-0.15, -0.1) is 0 Å². The Hall–Kier alpha value is -4.46. The highest BCUT2D eigenvalue weighted by atomic mass is 16.5. The molecule has 1 aromatic heterocycles. The summed E-state index contributed by atoms with van der Waals surface area (Å²) >= 11 is 0. The second kappa shape index (κ2) is 8.50. The second-order valence-electron chi connectivity index (χ2n) is 6.66. The van der Waals surface area contributed by atoms with Crippen molar-refractivity contribution >= 4 is 28.8 Å². The van der Waals surface area contributed by atoms with Crippen molar-refractivity contribution in [1.82, 2.24) is 10.5 Å². The van der Waals surface area contributed by atoms with Crippen molar-refractivity contribution < 1.29 is 23.6 Å². The van der Waals surface area contributed by atoms with Gasteiger partial charge in [0.2, 0.25) is 6.10 Å². The first-order chi connectivity index (χ1) is 15.0. The average molecular weight is 415 g/mol. The van der Waals surface area contributed by atoms with Gasteiger partial charge in [-0.05, 0) is 18.2 Å². The zero-order chi connectivity index (χ0) is 21.8. The summed E-state index contributed by atoms with van der Waals surface area (Å²) in [6.07, 6.45) is -1.35. The van der Waals surface area contributed by atoms with E-state index in [2.05, 4.69) is 5.16 Å². The summed E-state index contributed by atoms with van der Waals surface area (Å²) in [5, 5.41) is 6.60. The maximum absolute atomic E-state index is 12.9. The van der Waals surface area contributed by atoms with E-state index in [-0.39, 0.29) is 5.56 Å². The Morgan fingerprint density at radius 3 is 2.29 bits per heavy atom. The Bertz CT molecular complexity index is 1250. The molecule has 0 saturated carbocycles. The Morgan fingerprint density at radius 2 is 1.61 bits per heavy atom. The number of carbonyl (C=O) groups excluding carboxylic acids is 3. The summed E-state index contributed by atoms with van der Waals surface area (Å²) in [5.74, 6) is -1.09. The molecule has 8 heteroatoms. The van der Waals surface area contributed by atoms with Gasteiger partial charge >= 0.3 is 12.0 Å². The van der Waals surface area contributed by atoms with Gasteiger partial charge in [0, 0.05) is 11.1 Å². The van der Waals surface area contributed by atoms with Crippen molar-refractivity contribution in [3.05, 3.63) is 90.0 Å². The monoisotopic (exact) mass is 415 g/mol. The molecule has 0 saturated heterocycles. The van der Waals surface area contributed by atoms with Gasteiger partial charge in [0.25, 0.3) is 5.91 Å². The number of hydrogen-bond acceptors (Lipinski definition) is 6. The fourth-order valence-electron chi connectivity index (χ4n) is 3.13. The van der Waals surface area contributed by atoms with Crippen molar-refractivity contribution in [3.8, 4) is 11.3 Å². The third-order valence-corrected chi connectivity index (χ3v) is 4.56. The van der Waals surface area contributed by atoms with Crippen molar-refractivity contribution in [2.75, 3.05) is 0 Å². The first kappa shape index (κ1) is 19.8. The van der Waals surface area contributed by atoms with Crippen molar-refractivity contribution in [2.24, 2.45) is 5.73 Å². The normalized spacial score (nSPS) is 11.6. The van der Waals surface area contributed by atoms with Gasteiger partial charge in [-0.1, -0.05) is 65.8 Å². The lowest BCUT2D eigenvalue weighted by atomic mass is 10.1. The van der Waals surface area contributed by atoms with Crippen LogP contribution in [-0.2, 0) is 9.53 Å². The van der Waals surface area contributed by atoms with Gasteiger partial charge in [-0.2, -0.15) is 0 Å². The quantitative estimate of drug-likeness (QED) is 0.480. The molecule has 31 heavy (non-hydrogen) atoms. The fraction of sp³-hybridized carbons (Fsp3) is 0.0435. The number of amides is 3. The van der Waals surface area contributed by atoms with Crippen LogP contribution in [0.3, 0.4) is 0 Å². The number of primary amides is 1. The molecule has 8 nitrogen and oxygen atoms in total. The van der Waals surface area contributed by atoms with Crippen LogP contribution in [0.25, 0.3) is 22.2 Å². The minimum Gasteiger partial charge on any atom is -0.444 e. The lowest BCUT2D eigenvalue weighted by Gasteiger charge is -2.17. The molecule has 0 radical (unpaired) electrons. The molecule has 0 aliphatic heterocycles. The van der Waals surface area contributed by atoms with Gasteiger partial charge in [0.05, 0.1) is 10.9 Å². The average Bonchev–Trinajstić information content (AvgIpc) is 3.21. The predicted octanol–water partition coefficient (Wildman–Crippen LogP) is 3.59. The number of hydrogen-bond donors (Lipinski definition) is 2. The van der Waals surface area contributed by atoms with Crippen LogP contribution in [0, 0.1) is 0 Å². The third-order valence-electron chi connectivity index (χ3n) is 4.56. The molecule has 0 fully saturated rings. The highest BCUT2D eigenvalue weighted by Crippen LogP contribution is 2.30. The molecule has 1 heterocycles. The van der Waals surface area contributed by atoms with Gasteiger partial charge in [0.15, 0.2) is 5.76 Å². The Balaban J connectivity index is 1.66. The Kier molecular flexibility index (Phi) is 5.44. The summed E-state index contributed by atoms with van der Waals surface area (Å²) in [4.78, 5) is 36.4. The number of esters is 1. The molecule has 4 aromatic rings. The van der Waals surface area contributed by atoms with E-state index in [4.69, 9.17) is 15.0 Å². The van der Waals surface area contributed by atoms with Gasteiger partial charge < -0.3 is 15.0 Å². The van der Waals surface area contributed by atoms with Crippen LogP contribution in [0.1, 0.15) is 22.0 Å². The van der Waals surface area contributed by atoms with Crippen LogP contribution in [0.15, 0.2) is 83.4 Å². The molecule has 3 aromatic carbocycles. The number of nitrogens with one attached hydrogen (secondary N) is 1. The molecule has 0 spiro atoms. The number of fused-ring (bicyclic) bond motifs is 1. The molecule has 0 aliphatic rings. The maximum Gasteiger partial charge on any atom is 0.339 e. The molecule has 0 bridgehead atoms. The molecular formula is C23H17N3O5. The number of nitrogens with two attached hydrogens (primary N) is 1. The topological polar surface area (TPSA) is 125 Å². The van der Waals surface area contributed by atoms with Crippen molar-refractivity contribution in [2.45, 2.75) is 6.10 Å². The first-order valence-corrected chi connectivity index (χ1v) is 9.34. The van der Waals surface area contributed by atoms with E-state index in [0.717, 1.165) is 5.56 Å². The molecule has 3 N–H and O–H groups in total. The van der Waals surface area contributed by atoms with Gasteiger partial charge in [0.1, 0.15) is 5.52 Å². The van der Waals surface area contributed by atoms with E-state index < -0.39 is 24.0 Å². The van der Waals surface area contributed by atoms with Crippen molar-refractivity contribution in [3.63, 3.8) is 0 Å². The number of rotatable bonds is 5. The lowest BCUT2D eigenvalue weighted by molar-refractivity contribution is -0.129. The van der Waals surface area contributed by atoms with E-state index >= 15 is 0 Å². The summed E-state index contributed by atoms with van der Waals surface area (Å²) in [7, 11) is 0. The smallest absolute Gasteiger partial charge is 0.339 e. The predicted molar refractivity (Wildman–Crippen MR) is 112 cm³/mol. The van der Waals surface area contributed by atoms with Gasteiger partial charge in [-0.25, -0.2) is 9.59 Å². The van der Waals surface area contributed by atoms with E-state index in [1.54, 1.807) is 42.5 Å². The first-order valence-electron chi connectivity index (χ1n) is 9.34. The lowest BCUT2D eigenvalue weighted by Crippen LogP contribution is -2.39. The Labute approximate surface area is 176 Å². The van der Waals surface area contributed by atoms with E-state index in [1.165, 1.54) is 6.07 Å². The number of aromatic nitrogens is 1. The molecule has 0 unspecified atom stereocenters. The zero-order valence-electron chi connectivity index (χ0n) is 16.1. The van der Waals surface area contributed by atoms with E-state index in [9.17, 15) is 14.4 Å². The summed E-state index contributed by atoms with van der Waals surface area (Å²) < 4.78 is 10.9. The Morgan fingerprint density at radius 1 is 0.935 bits per heavy atom. The molecule has 1 atom stereocenters. The van der Waals surface area contributed by atoms with Crippen LogP contribution in [0.2, 0.25) is 0 Å². The second-order valence-corrected chi connectivity index (χ2v) is 6.66. The van der Waals surface area contributed by atoms with Crippen molar-refractivity contribution in [1.29, 1.82) is 0 Å². The highest BCUT2D eigenvalue weighted by molar-refractivity contribution is 6.01. The maximum atomic E-state index is 12.9. The number of nitrogens with zero attached hydrogens (tertiary/aromatic N) is 1. The largest absolute Gasteiger partial charge is 0.444 e. The number of carbonyl (C=O) groups is 3. The summed E-state index contributed by atoms with van der Waals surface area (Å²) in [6.45, 7) is 0. The van der Waals surface area contributed by atoms with Crippen LogP contribution in [-0.4, -0.2) is 23.1 Å². The third kappa shape index (κ3) is 4.27. The minimum absolute atomic E-state index is 0.195. The molecule has 154 valence electrons. The summed E-state index contributed by atoms with van der Waals surface area (Å²) in [5.41, 5.74) is 7.01.